The van der Waals surface area contributed by atoms with E-state index in [1.165, 1.54) is 0 Å². The van der Waals surface area contributed by atoms with Crippen molar-refractivity contribution >= 4 is 29.5 Å². The molecule has 15 heavy (non-hydrogen) atoms. The molecule has 0 aromatic carbocycles. The molecule has 0 saturated carbocycles. The van der Waals surface area contributed by atoms with Crippen molar-refractivity contribution in [2.45, 2.75) is 18.9 Å². The summed E-state index contributed by atoms with van der Waals surface area (Å²) in [5, 5.41) is 16.7. The van der Waals surface area contributed by atoms with Crippen LogP contribution in [0.25, 0.3) is 0 Å². The van der Waals surface area contributed by atoms with Crippen LogP contribution in [-0.2, 0) is 14.4 Å². The van der Waals surface area contributed by atoms with Crippen molar-refractivity contribution in [3.63, 3.8) is 0 Å². The van der Waals surface area contributed by atoms with Gasteiger partial charge in [0.25, 0.3) is 0 Å². The fourth-order valence-electron chi connectivity index (χ4n) is 0.690. The summed E-state index contributed by atoms with van der Waals surface area (Å²) in [4.78, 5) is 31.4. The number of carbonyl (C=O) groups excluding carboxylic acids is 1. The van der Waals surface area contributed by atoms with Crippen LogP contribution in [0, 0.1) is 0 Å². The largest absolute Gasteiger partial charge is 0.481 e. The molecule has 0 saturated heterocycles. The van der Waals surface area contributed by atoms with Gasteiger partial charge >= 0.3 is 11.9 Å². The molecule has 1 unspecified atom stereocenters. The number of Topliss-reactive ketones (excluding diaryl/α,β-unsaturated/α-hetero) is 1. The minimum atomic E-state index is -1.11. The molecule has 7 heteroatoms. The van der Waals surface area contributed by atoms with E-state index in [0.717, 1.165) is 11.8 Å². The first kappa shape index (κ1) is 13.9. The molecule has 0 aliphatic heterocycles. The van der Waals surface area contributed by atoms with Crippen molar-refractivity contribution in [1.82, 2.24) is 0 Å². The number of carboxylic acid groups (broad SMARTS) is 2. The first-order valence-corrected chi connectivity index (χ1v) is 5.38. The summed E-state index contributed by atoms with van der Waals surface area (Å²) in [6.07, 6.45) is -0.213. The number of hydrogen-bond donors (Lipinski definition) is 3. The second kappa shape index (κ2) is 7.24. The third-order valence-corrected chi connectivity index (χ3v) is 2.62. The average molecular weight is 235 g/mol. The summed E-state index contributed by atoms with van der Waals surface area (Å²) in [5.74, 6) is -2.08. The normalized spacial score (nSPS) is 12.1. The van der Waals surface area contributed by atoms with Crippen LogP contribution in [0.3, 0.4) is 0 Å². The molecule has 0 aromatic rings. The van der Waals surface area contributed by atoms with Crippen LogP contribution in [0.15, 0.2) is 0 Å². The maximum Gasteiger partial charge on any atom is 0.321 e. The molecule has 0 rings (SSSR count). The van der Waals surface area contributed by atoms with Gasteiger partial charge in [-0.1, -0.05) is 0 Å². The van der Waals surface area contributed by atoms with E-state index in [9.17, 15) is 14.4 Å². The van der Waals surface area contributed by atoms with E-state index in [1.54, 1.807) is 0 Å². The minimum absolute atomic E-state index is 0.0232. The second-order valence-corrected chi connectivity index (χ2v) is 3.92. The highest BCUT2D eigenvalue weighted by Crippen LogP contribution is 2.04. The molecule has 0 aliphatic rings. The number of carboxylic acids is 2. The van der Waals surface area contributed by atoms with E-state index in [4.69, 9.17) is 15.9 Å². The highest BCUT2D eigenvalue weighted by molar-refractivity contribution is 8.00. The molecule has 0 aliphatic carbocycles. The molecule has 1 atom stereocenters. The second-order valence-electron chi connectivity index (χ2n) is 2.89. The topological polar surface area (TPSA) is 118 Å². The highest BCUT2D eigenvalue weighted by atomic mass is 32.2. The first-order chi connectivity index (χ1) is 6.93. The summed E-state index contributed by atoms with van der Waals surface area (Å²) < 4.78 is 0. The van der Waals surface area contributed by atoms with Crippen LogP contribution in [0.4, 0.5) is 0 Å². The molecule has 0 spiro atoms. The van der Waals surface area contributed by atoms with Gasteiger partial charge in [0.05, 0.1) is 12.2 Å². The van der Waals surface area contributed by atoms with Crippen LogP contribution >= 0.6 is 11.8 Å². The quantitative estimate of drug-likeness (QED) is 0.522. The number of hydrogen-bond acceptors (Lipinski definition) is 5. The number of ketones is 1. The van der Waals surface area contributed by atoms with E-state index in [2.05, 4.69) is 0 Å². The third kappa shape index (κ3) is 7.95. The molecule has 0 heterocycles. The molecular weight excluding hydrogens is 222 g/mol. The minimum Gasteiger partial charge on any atom is -0.481 e. The van der Waals surface area contributed by atoms with Crippen LogP contribution < -0.4 is 5.73 Å². The van der Waals surface area contributed by atoms with Crippen molar-refractivity contribution in [2.24, 2.45) is 5.73 Å². The third-order valence-electron chi connectivity index (χ3n) is 1.50. The Morgan fingerprint density at radius 3 is 2.27 bits per heavy atom. The fraction of sp³-hybridized carbons (Fsp3) is 0.625. The van der Waals surface area contributed by atoms with Crippen LogP contribution in [0.2, 0.25) is 0 Å². The smallest absolute Gasteiger partial charge is 0.321 e. The van der Waals surface area contributed by atoms with Crippen molar-refractivity contribution in [3.05, 3.63) is 0 Å². The lowest BCUT2D eigenvalue weighted by Gasteiger charge is -2.04. The Labute approximate surface area is 90.8 Å². The number of thioether (sulfide) groups is 1. The SMILES string of the molecule is NC(CSCC(=O)CCC(=O)O)C(=O)O. The van der Waals surface area contributed by atoms with Gasteiger partial charge in [-0.25, -0.2) is 0 Å². The van der Waals surface area contributed by atoms with Gasteiger partial charge in [0, 0.05) is 12.2 Å². The average Bonchev–Trinajstić information content (AvgIpc) is 2.14. The molecule has 0 radical (unpaired) electrons. The molecule has 6 nitrogen and oxygen atoms in total. The van der Waals surface area contributed by atoms with Gasteiger partial charge < -0.3 is 15.9 Å². The molecule has 86 valence electrons. The Kier molecular flexibility index (Phi) is 6.72. The molecule has 0 bridgehead atoms. The number of aliphatic carboxylic acids is 2. The van der Waals surface area contributed by atoms with Crippen molar-refractivity contribution in [2.75, 3.05) is 11.5 Å². The van der Waals surface area contributed by atoms with E-state index in [1.807, 2.05) is 0 Å². The Hall–Kier alpha value is -1.08. The number of rotatable bonds is 8. The lowest BCUT2D eigenvalue weighted by Crippen LogP contribution is -2.32. The van der Waals surface area contributed by atoms with Crippen LogP contribution in [-0.4, -0.2) is 45.5 Å². The Balaban J connectivity index is 3.55. The molecule has 0 aromatic heterocycles. The molecule has 4 N–H and O–H groups in total. The molecular formula is C8H13NO5S. The highest BCUT2D eigenvalue weighted by Gasteiger charge is 2.12. The van der Waals surface area contributed by atoms with Crippen molar-refractivity contribution in [3.8, 4) is 0 Å². The zero-order chi connectivity index (χ0) is 11.8. The lowest BCUT2D eigenvalue weighted by molar-refractivity contribution is -0.138. The summed E-state index contributed by atoms with van der Waals surface area (Å²) in [5.41, 5.74) is 5.20. The summed E-state index contributed by atoms with van der Waals surface area (Å²) in [6, 6.07) is -0.984. The monoisotopic (exact) mass is 235 g/mol. The zero-order valence-electron chi connectivity index (χ0n) is 8.01. The van der Waals surface area contributed by atoms with Gasteiger partial charge in [-0.15, -0.1) is 0 Å². The first-order valence-electron chi connectivity index (χ1n) is 4.23. The fourth-order valence-corrected chi connectivity index (χ4v) is 1.58. The van der Waals surface area contributed by atoms with Gasteiger partial charge in [0.1, 0.15) is 11.8 Å². The number of carbonyl (C=O) groups is 3. The maximum atomic E-state index is 11.0. The predicted molar refractivity (Wildman–Crippen MR) is 54.8 cm³/mol. The van der Waals surface area contributed by atoms with Gasteiger partial charge in [-0.3, -0.25) is 14.4 Å². The van der Waals surface area contributed by atoms with E-state index >= 15 is 0 Å². The van der Waals surface area contributed by atoms with Crippen LogP contribution in [0.5, 0.6) is 0 Å². The van der Waals surface area contributed by atoms with E-state index in [-0.39, 0.29) is 30.1 Å². The Bertz CT molecular complexity index is 255. The van der Waals surface area contributed by atoms with E-state index in [0.29, 0.717) is 0 Å². The Morgan fingerprint density at radius 1 is 1.20 bits per heavy atom. The van der Waals surface area contributed by atoms with E-state index < -0.39 is 18.0 Å². The van der Waals surface area contributed by atoms with Gasteiger partial charge in [-0.2, -0.15) is 11.8 Å². The molecule has 0 amide bonds. The zero-order valence-corrected chi connectivity index (χ0v) is 8.83. The van der Waals surface area contributed by atoms with Crippen molar-refractivity contribution < 1.29 is 24.6 Å². The number of nitrogens with two attached hydrogens (primary N) is 1. The summed E-state index contributed by atoms with van der Waals surface area (Å²) in [6.45, 7) is 0. The van der Waals surface area contributed by atoms with Gasteiger partial charge in [0.15, 0.2) is 0 Å². The standard InChI is InChI=1S/C8H13NO5S/c9-6(8(13)14)4-15-3-5(10)1-2-7(11)12/h6H,1-4,9H2,(H,11,12)(H,13,14). The van der Waals surface area contributed by atoms with Gasteiger partial charge in [-0.05, 0) is 0 Å². The summed E-state index contributed by atoms with van der Waals surface area (Å²) >= 11 is 1.10. The lowest BCUT2D eigenvalue weighted by atomic mass is 10.2. The Morgan fingerprint density at radius 2 is 1.80 bits per heavy atom. The van der Waals surface area contributed by atoms with Crippen molar-refractivity contribution in [1.29, 1.82) is 0 Å². The molecule has 0 fully saturated rings. The van der Waals surface area contributed by atoms with Crippen LogP contribution in [0.1, 0.15) is 12.8 Å². The summed E-state index contributed by atoms with van der Waals surface area (Å²) in [7, 11) is 0. The predicted octanol–water partition coefficient (Wildman–Crippen LogP) is -0.435. The van der Waals surface area contributed by atoms with Gasteiger partial charge in [0.2, 0.25) is 0 Å². The maximum absolute atomic E-state index is 11.0.